The molecule has 0 atom stereocenters. The number of pyridine rings is 1. The second-order valence-electron chi connectivity index (χ2n) is 3.95. The van der Waals surface area contributed by atoms with Crippen LogP contribution in [0.15, 0.2) is 6.07 Å². The summed E-state index contributed by atoms with van der Waals surface area (Å²) >= 11 is 0. The monoisotopic (exact) mass is 297 g/mol. The molecule has 0 bridgehead atoms. The lowest BCUT2D eigenvalue weighted by Gasteiger charge is -2.15. The first kappa shape index (κ1) is 16.3. The molecule has 0 aromatic carbocycles. The van der Waals surface area contributed by atoms with Gasteiger partial charge >= 0.3 is 12.1 Å². The second kappa shape index (κ2) is 6.15. The Morgan fingerprint density at radius 2 is 2.00 bits per heavy atom. The van der Waals surface area contributed by atoms with Crippen LogP contribution in [-0.4, -0.2) is 17.6 Å². The van der Waals surface area contributed by atoms with Crippen molar-refractivity contribution in [1.29, 1.82) is 0 Å². The zero-order valence-corrected chi connectivity index (χ0v) is 10.7. The summed E-state index contributed by atoms with van der Waals surface area (Å²) in [4.78, 5) is 14.6. The average molecular weight is 297 g/mol. The molecule has 112 valence electrons. The number of nitrogens with zero attached hydrogens (tertiary/aromatic N) is 1. The van der Waals surface area contributed by atoms with Gasteiger partial charge < -0.3 is 4.74 Å². The Bertz CT molecular complexity index is 499. The fourth-order valence-electron chi connectivity index (χ4n) is 1.64. The van der Waals surface area contributed by atoms with Gasteiger partial charge in [0, 0.05) is 0 Å². The first-order valence-electron chi connectivity index (χ1n) is 5.68. The minimum Gasteiger partial charge on any atom is -0.466 e. The van der Waals surface area contributed by atoms with Crippen molar-refractivity contribution in [2.24, 2.45) is 0 Å². The first-order valence-corrected chi connectivity index (χ1v) is 5.68. The van der Waals surface area contributed by atoms with Crippen LogP contribution in [0.3, 0.4) is 0 Å². The third-order valence-electron chi connectivity index (χ3n) is 2.51. The summed E-state index contributed by atoms with van der Waals surface area (Å²) in [5.74, 6) is -0.822. The number of rotatable bonds is 4. The van der Waals surface area contributed by atoms with Gasteiger partial charge in [-0.1, -0.05) is 0 Å². The van der Waals surface area contributed by atoms with Crippen LogP contribution in [-0.2, 0) is 22.1 Å². The maximum Gasteiger partial charge on any atom is 0.416 e. The average Bonchev–Trinajstić information content (AvgIpc) is 2.29. The van der Waals surface area contributed by atoms with Crippen molar-refractivity contribution < 1.29 is 31.5 Å². The molecule has 0 aliphatic rings. The highest BCUT2D eigenvalue weighted by molar-refractivity contribution is 5.72. The van der Waals surface area contributed by atoms with Gasteiger partial charge in [0.1, 0.15) is 5.69 Å². The third kappa shape index (κ3) is 3.88. The van der Waals surface area contributed by atoms with Gasteiger partial charge in [0.25, 0.3) is 6.43 Å². The minimum atomic E-state index is -4.79. The summed E-state index contributed by atoms with van der Waals surface area (Å²) in [5, 5.41) is 0. The molecule has 0 unspecified atom stereocenters. The van der Waals surface area contributed by atoms with Gasteiger partial charge in [-0.05, 0) is 25.5 Å². The highest BCUT2D eigenvalue weighted by Gasteiger charge is 2.35. The molecule has 0 radical (unpaired) electrons. The van der Waals surface area contributed by atoms with Crippen LogP contribution in [0.2, 0.25) is 0 Å². The van der Waals surface area contributed by atoms with E-state index < -0.39 is 47.5 Å². The van der Waals surface area contributed by atoms with Gasteiger partial charge in [-0.3, -0.25) is 9.78 Å². The van der Waals surface area contributed by atoms with Crippen LogP contribution in [0.5, 0.6) is 0 Å². The molecule has 0 N–H and O–H groups in total. The Morgan fingerprint density at radius 1 is 1.40 bits per heavy atom. The topological polar surface area (TPSA) is 39.2 Å². The van der Waals surface area contributed by atoms with Crippen molar-refractivity contribution in [1.82, 2.24) is 4.98 Å². The molecule has 8 heteroatoms. The van der Waals surface area contributed by atoms with E-state index in [9.17, 15) is 26.7 Å². The molecule has 1 heterocycles. The quantitative estimate of drug-likeness (QED) is 0.631. The van der Waals surface area contributed by atoms with E-state index in [1.54, 1.807) is 0 Å². The number of ether oxygens (including phenoxy) is 1. The fraction of sp³-hybridized carbons (Fsp3) is 0.500. The Morgan fingerprint density at radius 3 is 2.45 bits per heavy atom. The van der Waals surface area contributed by atoms with Gasteiger partial charge in [0.15, 0.2) is 0 Å². The van der Waals surface area contributed by atoms with E-state index in [1.807, 2.05) is 0 Å². The number of hydrogen-bond acceptors (Lipinski definition) is 3. The highest BCUT2D eigenvalue weighted by Crippen LogP contribution is 2.35. The molecule has 0 amide bonds. The molecular formula is C12H12F5NO2. The Kier molecular flexibility index (Phi) is 5.02. The number of hydrogen-bond donors (Lipinski definition) is 0. The lowest BCUT2D eigenvalue weighted by Crippen LogP contribution is -2.15. The molecule has 0 fully saturated rings. The van der Waals surface area contributed by atoms with E-state index in [-0.39, 0.29) is 6.61 Å². The Hall–Kier alpha value is -1.73. The van der Waals surface area contributed by atoms with Gasteiger partial charge in [0.2, 0.25) is 0 Å². The number of alkyl halides is 5. The largest absolute Gasteiger partial charge is 0.466 e. The molecule has 0 saturated heterocycles. The summed E-state index contributed by atoms with van der Waals surface area (Å²) in [6, 6.07) is 0.595. The van der Waals surface area contributed by atoms with E-state index in [1.165, 1.54) is 6.92 Å². The van der Waals surface area contributed by atoms with Crippen molar-refractivity contribution in [2.75, 3.05) is 6.61 Å². The van der Waals surface area contributed by atoms with Gasteiger partial charge in [0.05, 0.1) is 24.3 Å². The zero-order valence-electron chi connectivity index (χ0n) is 10.7. The van der Waals surface area contributed by atoms with Crippen molar-refractivity contribution in [2.45, 2.75) is 32.9 Å². The number of carbonyl (C=O) groups excluding carboxylic acids is 1. The molecule has 1 aromatic heterocycles. The molecule has 0 saturated carbocycles. The second-order valence-corrected chi connectivity index (χ2v) is 3.95. The standard InChI is InChI=1S/C12H12F5NO2/c1-3-20-9(19)5-7-4-8(12(15,16)17)6(2)10(18-7)11(13)14/h4,11H,3,5H2,1-2H3. The number of esters is 1. The summed E-state index contributed by atoms with van der Waals surface area (Å²) < 4.78 is 68.3. The smallest absolute Gasteiger partial charge is 0.416 e. The zero-order chi connectivity index (χ0) is 15.5. The summed E-state index contributed by atoms with van der Waals surface area (Å²) in [6.07, 6.45) is -8.53. The lowest BCUT2D eigenvalue weighted by atomic mass is 10.0. The van der Waals surface area contributed by atoms with Crippen molar-refractivity contribution in [3.05, 3.63) is 28.6 Å². The predicted molar refractivity (Wildman–Crippen MR) is 59.3 cm³/mol. The van der Waals surface area contributed by atoms with Gasteiger partial charge in [-0.25, -0.2) is 8.78 Å². The van der Waals surface area contributed by atoms with Crippen molar-refractivity contribution in [3.63, 3.8) is 0 Å². The van der Waals surface area contributed by atoms with Gasteiger partial charge in [-0.2, -0.15) is 13.2 Å². The van der Waals surface area contributed by atoms with E-state index in [0.29, 0.717) is 6.07 Å². The maximum absolute atomic E-state index is 12.8. The van der Waals surface area contributed by atoms with E-state index in [2.05, 4.69) is 9.72 Å². The number of aromatic nitrogens is 1. The molecule has 0 aliphatic carbocycles. The first-order chi connectivity index (χ1) is 9.16. The minimum absolute atomic E-state index is 0.0402. The highest BCUT2D eigenvalue weighted by atomic mass is 19.4. The van der Waals surface area contributed by atoms with Crippen LogP contribution in [0, 0.1) is 6.92 Å². The normalized spacial score (nSPS) is 11.8. The van der Waals surface area contributed by atoms with E-state index >= 15 is 0 Å². The Balaban J connectivity index is 3.26. The van der Waals surface area contributed by atoms with Gasteiger partial charge in [-0.15, -0.1) is 0 Å². The van der Waals surface area contributed by atoms with E-state index in [4.69, 9.17) is 0 Å². The molecule has 3 nitrogen and oxygen atoms in total. The Labute approximate surface area is 111 Å². The van der Waals surface area contributed by atoms with Crippen LogP contribution in [0.25, 0.3) is 0 Å². The molecule has 0 spiro atoms. The van der Waals surface area contributed by atoms with Crippen LogP contribution < -0.4 is 0 Å². The summed E-state index contributed by atoms with van der Waals surface area (Å²) in [6.45, 7) is 2.48. The SMILES string of the molecule is CCOC(=O)Cc1cc(C(F)(F)F)c(C)c(C(F)F)n1. The third-order valence-corrected chi connectivity index (χ3v) is 2.51. The molecule has 1 aromatic rings. The molecule has 20 heavy (non-hydrogen) atoms. The van der Waals surface area contributed by atoms with Crippen LogP contribution in [0.4, 0.5) is 22.0 Å². The maximum atomic E-state index is 12.8. The van der Waals surface area contributed by atoms with E-state index in [0.717, 1.165) is 6.92 Å². The van der Waals surface area contributed by atoms with Crippen molar-refractivity contribution >= 4 is 5.97 Å². The number of carbonyl (C=O) groups is 1. The van der Waals surface area contributed by atoms with Crippen LogP contribution in [0.1, 0.15) is 35.9 Å². The fourth-order valence-corrected chi connectivity index (χ4v) is 1.64. The summed E-state index contributed by atoms with van der Waals surface area (Å²) in [5.41, 5.74) is -3.22. The summed E-state index contributed by atoms with van der Waals surface area (Å²) in [7, 11) is 0. The van der Waals surface area contributed by atoms with Crippen LogP contribution >= 0.6 is 0 Å². The molecular weight excluding hydrogens is 285 g/mol. The number of halogens is 5. The predicted octanol–water partition coefficient (Wildman–Crippen LogP) is 3.45. The van der Waals surface area contributed by atoms with Crippen molar-refractivity contribution in [3.8, 4) is 0 Å². The lowest BCUT2D eigenvalue weighted by molar-refractivity contribution is -0.143. The molecule has 1 rings (SSSR count). The molecule has 0 aliphatic heterocycles.